The van der Waals surface area contributed by atoms with Gasteiger partial charge in [-0.1, -0.05) is 18.2 Å². The summed E-state index contributed by atoms with van der Waals surface area (Å²) in [5.41, 5.74) is 5.02. The Morgan fingerprint density at radius 2 is 1.59 bits per heavy atom. The number of nitrogens with zero attached hydrogens (tertiary/aromatic N) is 2. The summed E-state index contributed by atoms with van der Waals surface area (Å²) in [4.78, 5) is 8.70. The lowest BCUT2D eigenvalue weighted by Gasteiger charge is -2.25. The molecule has 0 unspecified atom stereocenters. The summed E-state index contributed by atoms with van der Waals surface area (Å²) in [6, 6.07) is 14.7. The molecule has 0 bridgehead atoms. The Labute approximate surface area is 154 Å². The van der Waals surface area contributed by atoms with Gasteiger partial charge in [0, 0.05) is 0 Å². The fourth-order valence-corrected chi connectivity index (χ4v) is 4.17. The van der Waals surface area contributed by atoms with Crippen LogP contribution in [0.15, 0.2) is 53.4 Å². The number of rotatable bonds is 1. The van der Waals surface area contributed by atoms with Gasteiger partial charge in [-0.05, 0) is 42.8 Å². The predicted molar refractivity (Wildman–Crippen MR) is 105 cm³/mol. The van der Waals surface area contributed by atoms with Gasteiger partial charge in [-0.25, -0.2) is 9.97 Å². The van der Waals surface area contributed by atoms with Crippen molar-refractivity contribution in [3.63, 3.8) is 0 Å². The van der Waals surface area contributed by atoms with E-state index in [1.165, 1.54) is 0 Å². The Morgan fingerprint density at radius 1 is 0.852 bits per heavy atom. The third kappa shape index (κ3) is 2.49. The maximum absolute atomic E-state index is 12.3. The molecule has 3 aromatic carbocycles. The molecule has 0 aliphatic carbocycles. The second-order valence-electron chi connectivity index (χ2n) is 6.48. The molecule has 3 N–H and O–H groups in total. The van der Waals surface area contributed by atoms with Gasteiger partial charge in [0.15, 0.2) is 0 Å². The third-order valence-electron chi connectivity index (χ3n) is 4.55. The van der Waals surface area contributed by atoms with Crippen molar-refractivity contribution < 1.29 is 13.0 Å². The summed E-state index contributed by atoms with van der Waals surface area (Å²) in [5.74, 6) is 0. The second kappa shape index (κ2) is 5.38. The number of hydrogen-bond acceptors (Lipinski definition) is 6. The van der Waals surface area contributed by atoms with Crippen LogP contribution < -0.4 is 10.6 Å². The Morgan fingerprint density at radius 3 is 2.33 bits per heavy atom. The first-order valence-corrected chi connectivity index (χ1v) is 9.70. The van der Waals surface area contributed by atoms with Crippen LogP contribution in [-0.4, -0.2) is 22.9 Å². The zero-order chi connectivity index (χ0) is 18.8. The van der Waals surface area contributed by atoms with E-state index in [9.17, 15) is 13.0 Å². The summed E-state index contributed by atoms with van der Waals surface area (Å²) in [5, 5.41) is 6.34. The zero-order valence-corrected chi connectivity index (χ0v) is 15.0. The highest BCUT2D eigenvalue weighted by Crippen LogP contribution is 2.44. The second-order valence-corrected chi connectivity index (χ2v) is 7.84. The summed E-state index contributed by atoms with van der Waals surface area (Å²) in [6.45, 7) is 1.94. The van der Waals surface area contributed by atoms with Crippen molar-refractivity contribution in [3.05, 3.63) is 54.1 Å². The van der Waals surface area contributed by atoms with Crippen LogP contribution in [0.25, 0.3) is 22.1 Å². The van der Waals surface area contributed by atoms with E-state index in [1.54, 1.807) is 24.3 Å². The molecule has 0 atom stereocenters. The molecule has 0 radical (unpaired) electrons. The maximum atomic E-state index is 12.3. The molecule has 0 saturated heterocycles. The van der Waals surface area contributed by atoms with Crippen LogP contribution in [-0.2, 0) is 10.1 Å². The average molecular weight is 378 g/mol. The van der Waals surface area contributed by atoms with E-state index in [2.05, 4.69) is 20.6 Å². The van der Waals surface area contributed by atoms with Crippen LogP contribution in [0.5, 0.6) is 0 Å². The Kier molecular flexibility index (Phi) is 3.19. The number of hydrogen-bond donors (Lipinski definition) is 3. The lowest BCUT2D eigenvalue weighted by atomic mass is 10.1. The van der Waals surface area contributed by atoms with Crippen LogP contribution >= 0.6 is 0 Å². The lowest BCUT2D eigenvalue weighted by molar-refractivity contribution is 0.484. The van der Waals surface area contributed by atoms with E-state index in [4.69, 9.17) is 0 Å². The quantitative estimate of drug-likeness (QED) is 0.297. The number of anilines is 4. The number of fused-ring (bicyclic) bond motifs is 4. The van der Waals surface area contributed by atoms with Gasteiger partial charge in [0.25, 0.3) is 10.1 Å². The summed E-state index contributed by atoms with van der Waals surface area (Å²) < 4.78 is 34.5. The summed E-state index contributed by atoms with van der Waals surface area (Å²) in [7, 11) is -4.56. The van der Waals surface area contributed by atoms with Crippen molar-refractivity contribution in [2.45, 2.75) is 11.8 Å². The van der Waals surface area contributed by atoms with E-state index in [1.807, 2.05) is 31.2 Å². The monoisotopic (exact) mass is 378 g/mol. The molecule has 1 aliphatic rings. The van der Waals surface area contributed by atoms with Crippen LogP contribution in [0.4, 0.5) is 22.7 Å². The van der Waals surface area contributed by atoms with Crippen molar-refractivity contribution in [1.82, 2.24) is 9.97 Å². The van der Waals surface area contributed by atoms with E-state index in [-0.39, 0.29) is 16.1 Å². The lowest BCUT2D eigenvalue weighted by Crippen LogP contribution is -2.13. The minimum atomic E-state index is -4.56. The van der Waals surface area contributed by atoms with Crippen LogP contribution in [0.1, 0.15) is 5.56 Å². The van der Waals surface area contributed by atoms with Gasteiger partial charge in [0.05, 0.1) is 39.3 Å². The predicted octanol–water partition coefficient (Wildman–Crippen LogP) is 4.14. The third-order valence-corrected chi connectivity index (χ3v) is 5.47. The van der Waals surface area contributed by atoms with Gasteiger partial charge in [-0.3, -0.25) is 4.55 Å². The number of nitrogens with one attached hydrogen (secondary N) is 2. The molecule has 1 aromatic heterocycles. The highest BCUT2D eigenvalue weighted by Gasteiger charge is 2.28. The minimum absolute atomic E-state index is 0.125. The fraction of sp³-hybridized carbons (Fsp3) is 0.0526. The topological polar surface area (TPSA) is 104 Å². The van der Waals surface area contributed by atoms with Gasteiger partial charge >= 0.3 is 0 Å². The molecule has 0 spiro atoms. The average Bonchev–Trinajstić information content (AvgIpc) is 2.62. The first-order chi connectivity index (χ1) is 12.9. The largest absolute Gasteiger partial charge is 0.352 e. The minimum Gasteiger partial charge on any atom is -0.352 e. The van der Waals surface area contributed by atoms with E-state index >= 15 is 0 Å². The van der Waals surface area contributed by atoms with Crippen molar-refractivity contribution in [1.29, 1.82) is 0 Å². The first kappa shape index (κ1) is 16.0. The van der Waals surface area contributed by atoms with Crippen LogP contribution in [0.3, 0.4) is 0 Å². The molecule has 4 aromatic rings. The highest BCUT2D eigenvalue weighted by molar-refractivity contribution is 7.86. The molecular formula is C19H14N4O3S. The van der Waals surface area contributed by atoms with E-state index in [0.29, 0.717) is 22.2 Å². The van der Waals surface area contributed by atoms with Crippen molar-refractivity contribution >= 4 is 54.9 Å². The molecule has 134 valence electrons. The van der Waals surface area contributed by atoms with Gasteiger partial charge in [-0.2, -0.15) is 8.42 Å². The van der Waals surface area contributed by atoms with E-state index in [0.717, 1.165) is 16.9 Å². The molecule has 0 amide bonds. The fourth-order valence-electron chi connectivity index (χ4n) is 3.36. The van der Waals surface area contributed by atoms with Crippen molar-refractivity contribution in [3.8, 4) is 0 Å². The van der Waals surface area contributed by atoms with E-state index < -0.39 is 10.1 Å². The Bertz CT molecular complexity index is 1370. The molecule has 27 heavy (non-hydrogen) atoms. The highest BCUT2D eigenvalue weighted by atomic mass is 32.2. The number of benzene rings is 3. The number of aromatic nitrogens is 2. The molecule has 5 rings (SSSR count). The Hall–Kier alpha value is -3.23. The summed E-state index contributed by atoms with van der Waals surface area (Å²) in [6.07, 6.45) is 0. The number of para-hydroxylation sites is 2. The normalized spacial score (nSPS) is 13.0. The standard InChI is InChI=1S/C19H14N4O3S/c1-10-6-7-13-14(8-10)23-18-16(21-13)9-15-17(19(18)27(24,25)26)22-12-5-3-2-4-11(12)20-15/h2-9,21,23H,1H3,(H,24,25,26). The van der Waals surface area contributed by atoms with Gasteiger partial charge in [-0.15, -0.1) is 0 Å². The first-order valence-electron chi connectivity index (χ1n) is 8.26. The molecule has 0 fully saturated rings. The molecule has 7 nitrogen and oxygen atoms in total. The molecule has 0 saturated carbocycles. The van der Waals surface area contributed by atoms with Gasteiger partial charge < -0.3 is 10.6 Å². The van der Waals surface area contributed by atoms with Crippen LogP contribution in [0.2, 0.25) is 0 Å². The van der Waals surface area contributed by atoms with Gasteiger partial charge in [0.1, 0.15) is 10.4 Å². The maximum Gasteiger partial charge on any atom is 0.298 e. The smallest absolute Gasteiger partial charge is 0.298 e. The van der Waals surface area contributed by atoms with Crippen LogP contribution in [0, 0.1) is 6.92 Å². The van der Waals surface area contributed by atoms with Crippen molar-refractivity contribution in [2.24, 2.45) is 0 Å². The SMILES string of the molecule is Cc1ccc2c(c1)Nc1c(cc3nc4ccccc4nc3c1S(=O)(=O)O)N2. The molecule has 1 aliphatic heterocycles. The molecule has 2 heterocycles. The zero-order valence-electron chi connectivity index (χ0n) is 14.2. The molecular weight excluding hydrogens is 364 g/mol. The van der Waals surface area contributed by atoms with Gasteiger partial charge in [0.2, 0.25) is 0 Å². The number of aryl methyl sites for hydroxylation is 1. The molecule has 8 heteroatoms. The Balaban J connectivity index is 1.88. The van der Waals surface area contributed by atoms with Crippen molar-refractivity contribution in [2.75, 3.05) is 10.6 Å². The summed E-state index contributed by atoms with van der Waals surface area (Å²) >= 11 is 0.